The topological polar surface area (TPSA) is 126 Å². The van der Waals surface area contributed by atoms with Crippen LogP contribution in [0.1, 0.15) is 80.1 Å². The summed E-state index contributed by atoms with van der Waals surface area (Å²) in [5, 5.41) is 10.9. The van der Waals surface area contributed by atoms with Gasteiger partial charge in [0.05, 0.1) is 17.2 Å². The van der Waals surface area contributed by atoms with Crippen molar-refractivity contribution in [2.75, 3.05) is 13.2 Å². The SMILES string of the molecule is CC(=O)OCC=C1CC[C@@H](OC(C)=O)[C@](C)(CCCC(C)=C(CC=C(C)C)NOc2ccc([N+](=O)[O-])cc2)OC1. The van der Waals surface area contributed by atoms with Gasteiger partial charge in [0.25, 0.3) is 5.69 Å². The van der Waals surface area contributed by atoms with E-state index in [1.165, 1.54) is 31.6 Å². The minimum Gasteiger partial charge on any atom is -0.462 e. The standard InChI is InChI=1S/C30H42N2O8/c1-21(2)9-15-28(31-40-27-13-11-26(12-14-27)32(35)36)22(3)8-7-18-30(6)29(39-24(5)34)16-10-25(20-38-30)17-19-37-23(4)33/h9,11-14,17,29,31H,7-8,10,15-16,18-20H2,1-6H3/t29-,30+/m1/s1. The van der Waals surface area contributed by atoms with E-state index in [1.54, 1.807) is 12.1 Å². The molecule has 2 rings (SSSR count). The molecular weight excluding hydrogens is 516 g/mol. The molecule has 2 atom stereocenters. The van der Waals surface area contributed by atoms with E-state index in [0.29, 0.717) is 38.0 Å². The van der Waals surface area contributed by atoms with E-state index < -0.39 is 16.6 Å². The van der Waals surface area contributed by atoms with E-state index in [-0.39, 0.29) is 24.2 Å². The summed E-state index contributed by atoms with van der Waals surface area (Å²) < 4.78 is 17.0. The summed E-state index contributed by atoms with van der Waals surface area (Å²) in [4.78, 5) is 39.1. The first-order valence-electron chi connectivity index (χ1n) is 13.5. The summed E-state index contributed by atoms with van der Waals surface area (Å²) in [6, 6.07) is 5.89. The molecule has 0 spiro atoms. The fourth-order valence-electron chi connectivity index (χ4n) is 4.32. The van der Waals surface area contributed by atoms with Crippen molar-refractivity contribution in [2.24, 2.45) is 0 Å². The second kappa shape index (κ2) is 15.8. The summed E-state index contributed by atoms with van der Waals surface area (Å²) in [5.74, 6) is -0.219. The molecule has 0 amide bonds. The number of rotatable bonds is 13. The third-order valence-corrected chi connectivity index (χ3v) is 6.76. The third-order valence-electron chi connectivity index (χ3n) is 6.76. The van der Waals surface area contributed by atoms with E-state index >= 15 is 0 Å². The van der Waals surface area contributed by atoms with Crippen LogP contribution in [0.3, 0.4) is 0 Å². The number of nitro benzene ring substituents is 1. The van der Waals surface area contributed by atoms with Gasteiger partial charge in [-0.15, -0.1) is 0 Å². The van der Waals surface area contributed by atoms with Crippen LogP contribution in [-0.4, -0.2) is 41.8 Å². The van der Waals surface area contributed by atoms with Gasteiger partial charge in [-0.2, -0.15) is 0 Å². The predicted molar refractivity (Wildman–Crippen MR) is 151 cm³/mol. The minimum absolute atomic E-state index is 0.00266. The Morgan fingerprint density at radius 2 is 1.85 bits per heavy atom. The molecule has 10 nitrogen and oxygen atoms in total. The van der Waals surface area contributed by atoms with Crippen molar-refractivity contribution in [1.82, 2.24) is 5.48 Å². The zero-order valence-corrected chi connectivity index (χ0v) is 24.4. The van der Waals surface area contributed by atoms with Crippen LogP contribution in [0.4, 0.5) is 5.69 Å². The number of carbonyl (C=O) groups is 2. The van der Waals surface area contributed by atoms with Gasteiger partial charge >= 0.3 is 11.9 Å². The van der Waals surface area contributed by atoms with E-state index in [2.05, 4.69) is 11.6 Å². The molecule has 0 aromatic heterocycles. The zero-order chi connectivity index (χ0) is 29.7. The van der Waals surface area contributed by atoms with Gasteiger partial charge in [0.1, 0.15) is 18.3 Å². The van der Waals surface area contributed by atoms with Crippen LogP contribution in [-0.2, 0) is 23.8 Å². The van der Waals surface area contributed by atoms with Crippen molar-refractivity contribution in [3.05, 3.63) is 68.9 Å². The quantitative estimate of drug-likeness (QED) is 0.129. The molecule has 1 heterocycles. The Kier molecular flexibility index (Phi) is 12.9. The maximum absolute atomic E-state index is 11.9. The lowest BCUT2D eigenvalue weighted by atomic mass is 9.88. The second-order valence-corrected chi connectivity index (χ2v) is 10.5. The maximum Gasteiger partial charge on any atom is 0.303 e. The lowest BCUT2D eigenvalue weighted by Gasteiger charge is -2.35. The highest BCUT2D eigenvalue weighted by atomic mass is 16.6. The second-order valence-electron chi connectivity index (χ2n) is 10.5. The number of nitrogens with zero attached hydrogens (tertiary/aromatic N) is 1. The number of esters is 2. The molecule has 0 aliphatic carbocycles. The Morgan fingerprint density at radius 3 is 2.45 bits per heavy atom. The Bertz CT molecular complexity index is 1120. The molecule has 0 radical (unpaired) electrons. The molecule has 220 valence electrons. The van der Waals surface area contributed by atoms with E-state index in [4.69, 9.17) is 19.0 Å². The van der Waals surface area contributed by atoms with Crippen LogP contribution in [0.25, 0.3) is 0 Å². The van der Waals surface area contributed by atoms with Crippen molar-refractivity contribution < 1.29 is 33.6 Å². The first-order chi connectivity index (χ1) is 18.9. The highest BCUT2D eigenvalue weighted by Crippen LogP contribution is 2.34. The fraction of sp³-hybridized carbons (Fsp3) is 0.533. The van der Waals surface area contributed by atoms with Gasteiger partial charge in [0.15, 0.2) is 5.75 Å². The van der Waals surface area contributed by atoms with Gasteiger partial charge in [-0.05, 0) is 83.6 Å². The van der Waals surface area contributed by atoms with Crippen LogP contribution in [0.5, 0.6) is 5.75 Å². The number of non-ortho nitro benzene ring substituents is 1. The van der Waals surface area contributed by atoms with Crippen molar-refractivity contribution in [1.29, 1.82) is 0 Å². The maximum atomic E-state index is 11.9. The highest BCUT2D eigenvalue weighted by molar-refractivity contribution is 5.66. The number of hydrogen-bond acceptors (Lipinski definition) is 9. The van der Waals surface area contributed by atoms with Crippen LogP contribution in [0, 0.1) is 10.1 Å². The molecule has 1 aromatic rings. The number of hydrogen-bond donors (Lipinski definition) is 1. The molecule has 10 heteroatoms. The number of carbonyl (C=O) groups excluding carboxylic acids is 2. The lowest BCUT2D eigenvalue weighted by Crippen LogP contribution is -2.43. The van der Waals surface area contributed by atoms with Gasteiger partial charge in [-0.25, -0.2) is 5.48 Å². The largest absolute Gasteiger partial charge is 0.462 e. The summed E-state index contributed by atoms with van der Waals surface area (Å²) in [7, 11) is 0. The van der Waals surface area contributed by atoms with Crippen LogP contribution >= 0.6 is 0 Å². The Hall–Kier alpha value is -3.66. The molecule has 0 bridgehead atoms. The van der Waals surface area contributed by atoms with Gasteiger partial charge in [-0.1, -0.05) is 17.2 Å². The predicted octanol–water partition coefficient (Wildman–Crippen LogP) is 6.27. The highest BCUT2D eigenvalue weighted by Gasteiger charge is 2.39. The Labute approximate surface area is 236 Å². The third kappa shape index (κ3) is 11.2. The summed E-state index contributed by atoms with van der Waals surface area (Å²) in [6.07, 6.45) is 7.70. The van der Waals surface area contributed by atoms with Crippen molar-refractivity contribution in [2.45, 2.75) is 91.8 Å². The fourth-order valence-corrected chi connectivity index (χ4v) is 4.32. The number of nitro groups is 1. The van der Waals surface area contributed by atoms with Gasteiger partial charge in [0.2, 0.25) is 0 Å². The van der Waals surface area contributed by atoms with Gasteiger partial charge in [0, 0.05) is 32.4 Å². The lowest BCUT2D eigenvalue weighted by molar-refractivity contribution is -0.384. The molecule has 1 aromatic carbocycles. The van der Waals surface area contributed by atoms with E-state index in [9.17, 15) is 19.7 Å². The minimum atomic E-state index is -0.675. The molecule has 1 N–H and O–H groups in total. The molecule has 1 fully saturated rings. The zero-order valence-electron chi connectivity index (χ0n) is 24.4. The molecule has 1 saturated heterocycles. The van der Waals surface area contributed by atoms with Crippen molar-refractivity contribution >= 4 is 17.6 Å². The monoisotopic (exact) mass is 558 g/mol. The molecule has 40 heavy (non-hydrogen) atoms. The molecule has 1 aliphatic rings. The first-order valence-corrected chi connectivity index (χ1v) is 13.5. The first kappa shape index (κ1) is 32.6. The summed E-state index contributed by atoms with van der Waals surface area (Å²) in [6.45, 7) is 11.4. The average Bonchev–Trinajstić information content (AvgIpc) is 3.02. The summed E-state index contributed by atoms with van der Waals surface area (Å²) in [5.41, 5.74) is 6.54. The molecular formula is C30H42N2O8. The van der Waals surface area contributed by atoms with Gasteiger partial charge in [-0.3, -0.25) is 19.7 Å². The smallest absolute Gasteiger partial charge is 0.303 e. The number of benzene rings is 1. The normalized spacial score (nSPS) is 20.6. The van der Waals surface area contributed by atoms with Crippen LogP contribution in [0.2, 0.25) is 0 Å². The van der Waals surface area contributed by atoms with Crippen molar-refractivity contribution in [3.8, 4) is 5.75 Å². The molecule has 0 saturated carbocycles. The van der Waals surface area contributed by atoms with E-state index in [0.717, 1.165) is 29.7 Å². The Morgan fingerprint density at radius 1 is 1.15 bits per heavy atom. The number of ether oxygens (including phenoxy) is 3. The van der Waals surface area contributed by atoms with Crippen molar-refractivity contribution in [3.63, 3.8) is 0 Å². The van der Waals surface area contributed by atoms with Crippen LogP contribution in [0.15, 0.2) is 58.8 Å². The van der Waals surface area contributed by atoms with Crippen LogP contribution < -0.4 is 10.3 Å². The number of allylic oxidation sites excluding steroid dienone is 3. The number of nitrogens with one attached hydrogen (secondary N) is 1. The van der Waals surface area contributed by atoms with E-state index in [1.807, 2.05) is 33.8 Å². The average molecular weight is 559 g/mol. The molecule has 0 unspecified atom stereocenters. The Balaban J connectivity index is 2.10. The number of hydroxylamine groups is 1. The van der Waals surface area contributed by atoms with Gasteiger partial charge < -0.3 is 19.0 Å². The summed E-state index contributed by atoms with van der Waals surface area (Å²) >= 11 is 0. The molecule has 1 aliphatic heterocycles.